The molecule has 4 atom stereocenters. The zero-order chi connectivity index (χ0) is 20.3. The van der Waals surface area contributed by atoms with E-state index in [0.29, 0.717) is 13.0 Å². The molecule has 1 fully saturated rings. The topological polar surface area (TPSA) is 66.8 Å². The lowest BCUT2D eigenvalue weighted by atomic mass is 9.89. The summed E-state index contributed by atoms with van der Waals surface area (Å²) >= 11 is 6.54. The van der Waals surface area contributed by atoms with E-state index in [1.54, 1.807) is 12.1 Å². The third kappa shape index (κ3) is 4.68. The molecule has 3 unspecified atom stereocenters. The first-order chi connectivity index (χ1) is 13.4. The van der Waals surface area contributed by atoms with E-state index in [2.05, 4.69) is 13.0 Å². The van der Waals surface area contributed by atoms with E-state index in [0.717, 1.165) is 29.7 Å². The minimum absolute atomic E-state index is 0.0618. The van der Waals surface area contributed by atoms with Crippen molar-refractivity contribution in [2.75, 3.05) is 6.61 Å². The lowest BCUT2D eigenvalue weighted by Gasteiger charge is -2.24. The van der Waals surface area contributed by atoms with Gasteiger partial charge in [0.25, 0.3) is 0 Å². The average Bonchev–Trinajstić information content (AvgIpc) is 2.94. The first-order valence-corrected chi connectivity index (χ1v) is 10.1. The van der Waals surface area contributed by atoms with Crippen molar-refractivity contribution in [2.45, 2.75) is 44.6 Å². The van der Waals surface area contributed by atoms with Gasteiger partial charge in [0.05, 0.1) is 18.3 Å². The van der Waals surface area contributed by atoms with Gasteiger partial charge in [-0.3, -0.25) is 0 Å². The minimum Gasteiger partial charge on any atom is -0.493 e. The molecule has 3 rings (SSSR count). The number of rotatable bonds is 7. The summed E-state index contributed by atoms with van der Waals surface area (Å²) in [6.45, 7) is 4.59. The van der Waals surface area contributed by atoms with Crippen LogP contribution in [0, 0.1) is 25.7 Å². The summed E-state index contributed by atoms with van der Waals surface area (Å²) < 4.78 is 6.08. The zero-order valence-electron chi connectivity index (χ0n) is 16.3. The predicted octanol–water partition coefficient (Wildman–Crippen LogP) is 4.62. The van der Waals surface area contributed by atoms with Crippen LogP contribution in [0.5, 0.6) is 5.75 Å². The SMILES string of the molecule is Cc1cccc(OCC2C(Cl)CC(O)[C@@H]2CCc2ccc(C(=O)O)cc2)c1C. The number of hydrogen-bond donors (Lipinski definition) is 2. The molecule has 2 aromatic carbocycles. The second-order valence-corrected chi connectivity index (χ2v) is 8.26. The first-order valence-electron chi connectivity index (χ1n) is 9.70. The Morgan fingerprint density at radius 2 is 1.86 bits per heavy atom. The summed E-state index contributed by atoms with van der Waals surface area (Å²) in [6, 6.07) is 12.9. The van der Waals surface area contributed by atoms with E-state index in [9.17, 15) is 9.90 Å². The summed E-state index contributed by atoms with van der Waals surface area (Å²) in [4.78, 5) is 11.0. The Balaban J connectivity index is 1.63. The van der Waals surface area contributed by atoms with Gasteiger partial charge >= 0.3 is 5.97 Å². The van der Waals surface area contributed by atoms with E-state index < -0.39 is 12.1 Å². The number of aliphatic hydroxyl groups excluding tert-OH is 1. The van der Waals surface area contributed by atoms with Crippen molar-refractivity contribution in [1.82, 2.24) is 0 Å². The molecule has 2 N–H and O–H groups in total. The quantitative estimate of drug-likeness (QED) is 0.663. The van der Waals surface area contributed by atoms with Gasteiger partial charge in [-0.05, 0) is 73.9 Å². The van der Waals surface area contributed by atoms with Crippen molar-refractivity contribution >= 4 is 17.6 Å². The van der Waals surface area contributed by atoms with Gasteiger partial charge in [-0.15, -0.1) is 11.6 Å². The molecule has 0 aliphatic heterocycles. The number of ether oxygens (including phenoxy) is 1. The number of aryl methyl sites for hydroxylation is 2. The minimum atomic E-state index is -0.925. The number of carboxylic acid groups (broad SMARTS) is 1. The number of benzene rings is 2. The maximum Gasteiger partial charge on any atom is 0.335 e. The molecule has 5 heteroatoms. The molecular weight excluding hydrogens is 376 g/mol. The Bertz CT molecular complexity index is 818. The summed E-state index contributed by atoms with van der Waals surface area (Å²) in [5, 5.41) is 19.4. The maximum atomic E-state index is 11.0. The molecule has 0 aromatic heterocycles. The molecule has 1 aliphatic carbocycles. The fourth-order valence-corrected chi connectivity index (χ4v) is 4.42. The Kier molecular flexibility index (Phi) is 6.63. The molecule has 4 nitrogen and oxygen atoms in total. The second-order valence-electron chi connectivity index (χ2n) is 7.70. The number of halogens is 1. The van der Waals surface area contributed by atoms with Crippen LogP contribution < -0.4 is 4.74 Å². The number of aliphatic hydroxyl groups is 1. The van der Waals surface area contributed by atoms with Gasteiger partial charge in [0, 0.05) is 11.3 Å². The Labute approximate surface area is 171 Å². The predicted molar refractivity (Wildman–Crippen MR) is 110 cm³/mol. The number of hydrogen-bond acceptors (Lipinski definition) is 3. The third-order valence-corrected chi connectivity index (χ3v) is 6.43. The Morgan fingerprint density at radius 3 is 2.54 bits per heavy atom. The van der Waals surface area contributed by atoms with Gasteiger partial charge in [0.15, 0.2) is 0 Å². The van der Waals surface area contributed by atoms with Gasteiger partial charge in [0.1, 0.15) is 5.75 Å². The first kappa shape index (κ1) is 20.7. The van der Waals surface area contributed by atoms with Crippen molar-refractivity contribution in [1.29, 1.82) is 0 Å². The van der Waals surface area contributed by atoms with Crippen LogP contribution in [0.2, 0.25) is 0 Å². The molecule has 0 spiro atoms. The Hall–Kier alpha value is -2.04. The molecule has 0 amide bonds. The largest absolute Gasteiger partial charge is 0.493 e. The Morgan fingerprint density at radius 1 is 1.14 bits per heavy atom. The molecule has 150 valence electrons. The van der Waals surface area contributed by atoms with Crippen LogP contribution in [0.4, 0.5) is 0 Å². The van der Waals surface area contributed by atoms with Crippen LogP contribution in [0.3, 0.4) is 0 Å². The number of carboxylic acids is 1. The summed E-state index contributed by atoms with van der Waals surface area (Å²) in [7, 11) is 0. The average molecular weight is 403 g/mol. The van der Waals surface area contributed by atoms with Crippen LogP contribution in [-0.2, 0) is 6.42 Å². The maximum absolute atomic E-state index is 11.0. The van der Waals surface area contributed by atoms with Crippen LogP contribution in [0.25, 0.3) is 0 Å². The fourth-order valence-electron chi connectivity index (χ4n) is 3.98. The van der Waals surface area contributed by atoms with Crippen molar-refractivity contribution in [2.24, 2.45) is 11.8 Å². The summed E-state index contributed by atoms with van der Waals surface area (Å²) in [6.07, 6.45) is 1.70. The molecule has 28 heavy (non-hydrogen) atoms. The molecule has 2 aromatic rings. The van der Waals surface area contributed by atoms with Gasteiger partial charge in [0.2, 0.25) is 0 Å². The molecular formula is C23H27ClO4. The second kappa shape index (κ2) is 8.97. The van der Waals surface area contributed by atoms with E-state index in [1.807, 2.05) is 31.2 Å². The lowest BCUT2D eigenvalue weighted by Crippen LogP contribution is -2.27. The van der Waals surface area contributed by atoms with E-state index in [-0.39, 0.29) is 22.8 Å². The van der Waals surface area contributed by atoms with Crippen LogP contribution in [0.1, 0.15) is 39.9 Å². The smallest absolute Gasteiger partial charge is 0.335 e. The van der Waals surface area contributed by atoms with Crippen LogP contribution in [0.15, 0.2) is 42.5 Å². The van der Waals surface area contributed by atoms with Crippen molar-refractivity contribution in [3.8, 4) is 5.75 Å². The normalized spacial score (nSPS) is 24.3. The number of alkyl halides is 1. The number of carbonyl (C=O) groups is 1. The van der Waals surface area contributed by atoms with Gasteiger partial charge in [-0.25, -0.2) is 4.79 Å². The molecule has 0 saturated heterocycles. The standard InChI is InChI=1S/C23H27ClO4/c1-14-4-3-5-22(15(14)2)28-13-19-18(21(25)12-20(19)24)11-8-16-6-9-17(10-7-16)23(26)27/h3-7,9-10,18-21,25H,8,11-13H2,1-2H3,(H,26,27)/t18-,19?,20?,21?/m1/s1. The van der Waals surface area contributed by atoms with Crippen molar-refractivity contribution in [3.63, 3.8) is 0 Å². The van der Waals surface area contributed by atoms with Gasteiger partial charge < -0.3 is 14.9 Å². The monoisotopic (exact) mass is 402 g/mol. The highest BCUT2D eigenvalue weighted by atomic mass is 35.5. The van der Waals surface area contributed by atoms with E-state index in [1.165, 1.54) is 5.56 Å². The summed E-state index contributed by atoms with van der Waals surface area (Å²) in [5.41, 5.74) is 3.66. The highest BCUT2D eigenvalue weighted by Gasteiger charge is 2.41. The zero-order valence-corrected chi connectivity index (χ0v) is 17.0. The van der Waals surface area contributed by atoms with Crippen LogP contribution in [-0.4, -0.2) is 34.3 Å². The molecule has 0 radical (unpaired) electrons. The van der Waals surface area contributed by atoms with Crippen molar-refractivity contribution in [3.05, 3.63) is 64.7 Å². The molecule has 1 aliphatic rings. The molecule has 0 heterocycles. The van der Waals surface area contributed by atoms with Gasteiger partial charge in [-0.1, -0.05) is 24.3 Å². The van der Waals surface area contributed by atoms with Crippen LogP contribution >= 0.6 is 11.6 Å². The summed E-state index contributed by atoms with van der Waals surface area (Å²) in [5.74, 6) is 0.0845. The highest BCUT2D eigenvalue weighted by Crippen LogP contribution is 2.39. The molecule has 1 saturated carbocycles. The van der Waals surface area contributed by atoms with E-state index >= 15 is 0 Å². The van der Waals surface area contributed by atoms with E-state index in [4.69, 9.17) is 21.4 Å². The van der Waals surface area contributed by atoms with Gasteiger partial charge in [-0.2, -0.15) is 0 Å². The number of aromatic carboxylic acids is 1. The highest BCUT2D eigenvalue weighted by molar-refractivity contribution is 6.21. The molecule has 0 bridgehead atoms. The lowest BCUT2D eigenvalue weighted by molar-refractivity contribution is 0.0697. The fraction of sp³-hybridized carbons (Fsp3) is 0.435. The third-order valence-electron chi connectivity index (χ3n) is 5.93. The van der Waals surface area contributed by atoms with Crippen molar-refractivity contribution < 1.29 is 19.7 Å².